The zero-order chi connectivity index (χ0) is 15.9. The fourth-order valence-corrected chi connectivity index (χ4v) is 16.7. The molecule has 0 radical (unpaired) electrons. The van der Waals surface area contributed by atoms with Gasteiger partial charge in [0.25, 0.3) is 0 Å². The molecule has 3 rings (SSSR count). The van der Waals surface area contributed by atoms with E-state index >= 15 is 0 Å². The van der Waals surface area contributed by atoms with Gasteiger partial charge in [-0.1, -0.05) is 48.1 Å². The molecule has 2 heterocycles. The molecule has 1 aliphatic rings. The largest absolute Gasteiger partial charge is 0.324 e. The highest BCUT2D eigenvalue weighted by Gasteiger charge is 2.37. The predicted molar refractivity (Wildman–Crippen MR) is 120 cm³/mol. The molecule has 0 bridgehead atoms. The molecule has 1 aliphatic heterocycles. The van der Waals surface area contributed by atoms with Gasteiger partial charge in [-0.15, -0.1) is 0 Å². The molecular formula is C13H11N2S8+. The third kappa shape index (κ3) is 5.16. The minimum absolute atomic E-state index is 0.198. The Hall–Kier alpha value is 0.840. The van der Waals surface area contributed by atoms with E-state index in [9.17, 15) is 0 Å². The van der Waals surface area contributed by atoms with Crippen LogP contribution in [0.1, 0.15) is 10.9 Å². The van der Waals surface area contributed by atoms with Gasteiger partial charge in [-0.2, -0.15) is 0 Å². The van der Waals surface area contributed by atoms with Crippen LogP contribution in [0, 0.1) is 0 Å². The lowest BCUT2D eigenvalue weighted by molar-refractivity contribution is -0.666. The van der Waals surface area contributed by atoms with Gasteiger partial charge in [-0.3, -0.25) is 0 Å². The lowest BCUT2D eigenvalue weighted by Crippen LogP contribution is -2.37. The van der Waals surface area contributed by atoms with E-state index in [4.69, 9.17) is 4.99 Å². The van der Waals surface area contributed by atoms with Crippen molar-refractivity contribution in [3.63, 3.8) is 0 Å². The van der Waals surface area contributed by atoms with E-state index in [0.29, 0.717) is 0 Å². The van der Waals surface area contributed by atoms with Gasteiger partial charge in [0.2, 0.25) is 11.1 Å². The Morgan fingerprint density at radius 2 is 1.61 bits per heavy atom. The van der Waals surface area contributed by atoms with Gasteiger partial charge in [-0.05, 0) is 80.8 Å². The lowest BCUT2D eigenvalue weighted by Gasteiger charge is -2.08. The number of hydrogen-bond donors (Lipinski definition) is 1. The topological polar surface area (TPSA) is 16.2 Å². The smallest absolute Gasteiger partial charge is 0.210 e. The van der Waals surface area contributed by atoms with E-state index in [1.54, 1.807) is 49.1 Å². The molecule has 0 amide bonds. The van der Waals surface area contributed by atoms with Crippen LogP contribution in [0.4, 0.5) is 5.82 Å². The summed E-state index contributed by atoms with van der Waals surface area (Å²) in [5.41, 5.74) is 2.30. The summed E-state index contributed by atoms with van der Waals surface area (Å²) in [6.45, 7) is 0. The van der Waals surface area contributed by atoms with Crippen molar-refractivity contribution in [3.8, 4) is 0 Å². The Balaban J connectivity index is 1.69. The van der Waals surface area contributed by atoms with Gasteiger partial charge in [0, 0.05) is 11.6 Å². The van der Waals surface area contributed by atoms with Gasteiger partial charge in [0.1, 0.15) is 0 Å². The second-order valence-electron chi connectivity index (χ2n) is 4.19. The number of pyridine rings is 1. The van der Waals surface area contributed by atoms with E-state index < -0.39 is 0 Å². The molecule has 10 heteroatoms. The molecule has 120 valence electrons. The van der Waals surface area contributed by atoms with Crippen molar-refractivity contribution in [2.45, 2.75) is 5.37 Å². The number of fused-ring (bicyclic) bond motifs is 1. The Labute approximate surface area is 166 Å². The maximum atomic E-state index is 4.84. The first kappa shape index (κ1) is 18.6. The highest BCUT2D eigenvalue weighted by Crippen LogP contribution is 2.57. The summed E-state index contributed by atoms with van der Waals surface area (Å²) < 4.78 is 2.23. The normalized spacial score (nSPS) is 16.2. The summed E-state index contributed by atoms with van der Waals surface area (Å²) in [6.07, 6.45) is 2.10. The Morgan fingerprint density at radius 3 is 2.43 bits per heavy atom. The minimum Gasteiger partial charge on any atom is -0.210 e. The van der Waals surface area contributed by atoms with Crippen molar-refractivity contribution in [2.24, 2.45) is 4.99 Å². The van der Waals surface area contributed by atoms with Gasteiger partial charge in [0.05, 0.1) is 6.20 Å². The first-order valence-electron chi connectivity index (χ1n) is 6.34. The molecule has 2 aromatic rings. The van der Waals surface area contributed by atoms with Crippen LogP contribution in [-0.4, -0.2) is 5.71 Å². The third-order valence-corrected chi connectivity index (χ3v) is 16.5. The molecule has 0 aliphatic carbocycles. The molecule has 1 aromatic heterocycles. The maximum Gasteiger partial charge on any atom is 0.324 e. The summed E-state index contributed by atoms with van der Waals surface area (Å²) in [7, 11) is 12.0. The quantitative estimate of drug-likeness (QED) is 0.197. The average Bonchev–Trinajstić information content (AvgIpc) is 2.97. The van der Waals surface area contributed by atoms with Crippen molar-refractivity contribution >= 4 is 92.9 Å². The molecule has 0 fully saturated rings. The van der Waals surface area contributed by atoms with Gasteiger partial charge >= 0.3 is 5.82 Å². The summed E-state index contributed by atoms with van der Waals surface area (Å²) in [5.74, 6) is 1.01. The molecule has 0 N–H and O–H groups in total. The molecule has 1 atom stereocenters. The van der Waals surface area contributed by atoms with Crippen molar-refractivity contribution in [3.05, 3.63) is 60.3 Å². The Morgan fingerprint density at radius 1 is 0.870 bits per heavy atom. The number of aromatic nitrogens is 1. The second-order valence-corrected chi connectivity index (χ2v) is 16.2. The van der Waals surface area contributed by atoms with Gasteiger partial charge in [-0.25, -0.2) is 4.57 Å². The fraction of sp³-hybridized carbons (Fsp3) is 0.0769. The van der Waals surface area contributed by atoms with Crippen molar-refractivity contribution in [2.75, 3.05) is 0 Å². The SMILES string of the molecule is SSSSSSSSC1C(c2ccccc2)=Nc2cccc[n+]21. The zero-order valence-corrected chi connectivity index (χ0v) is 18.1. The third-order valence-electron chi connectivity index (χ3n) is 2.93. The van der Waals surface area contributed by atoms with Crippen molar-refractivity contribution in [1.29, 1.82) is 0 Å². The zero-order valence-electron chi connectivity index (χ0n) is 11.5. The number of benzene rings is 1. The molecule has 1 unspecified atom stereocenters. The summed E-state index contributed by atoms with van der Waals surface area (Å²) in [4.78, 5) is 4.84. The highest BCUT2D eigenvalue weighted by molar-refractivity contribution is 9.48. The molecule has 2 nitrogen and oxygen atoms in total. The standard InChI is InChI=1S/C13H10N2S8/c16-18-20-22-23-21-19-17-13-12(10-6-2-1-3-7-10)14-11-8-4-5-9-15(11)13/h1-9,13H/p+1. The predicted octanol–water partition coefficient (Wildman–Crippen LogP) is 7.07. The number of hydrogen-bond acceptors (Lipinski definition) is 9. The van der Waals surface area contributed by atoms with Crippen molar-refractivity contribution in [1.82, 2.24) is 0 Å². The minimum atomic E-state index is 0.198. The molecule has 0 spiro atoms. The van der Waals surface area contributed by atoms with Gasteiger partial charge in [0.15, 0.2) is 0 Å². The van der Waals surface area contributed by atoms with Gasteiger partial charge < -0.3 is 0 Å². The Kier molecular flexibility index (Phi) is 8.18. The lowest BCUT2D eigenvalue weighted by atomic mass is 10.1. The summed E-state index contributed by atoms with van der Waals surface area (Å²) in [5, 5.41) is 0.198. The number of nitrogens with zero attached hydrogens (tertiary/aromatic N) is 2. The number of thiol groups is 1. The molecule has 0 saturated heterocycles. The number of aliphatic imine (C=N–C) groups is 1. The first-order chi connectivity index (χ1) is 11.4. The van der Waals surface area contributed by atoms with E-state index in [0.717, 1.165) is 11.5 Å². The maximum absolute atomic E-state index is 4.84. The summed E-state index contributed by atoms with van der Waals surface area (Å²) >= 11 is 4.11. The molecule has 0 saturated carbocycles. The van der Waals surface area contributed by atoms with Crippen LogP contribution in [-0.2, 0) is 0 Å². The molecular weight excluding hydrogens is 441 g/mol. The van der Waals surface area contributed by atoms with Crippen LogP contribution in [0.25, 0.3) is 0 Å². The summed E-state index contributed by atoms with van der Waals surface area (Å²) in [6, 6.07) is 16.6. The first-order valence-corrected chi connectivity index (χ1v) is 16.3. The Bertz CT molecular complexity index is 666. The second kappa shape index (κ2) is 10.1. The van der Waals surface area contributed by atoms with E-state index in [1.165, 1.54) is 15.4 Å². The van der Waals surface area contributed by atoms with Crippen LogP contribution in [0.15, 0.2) is 59.7 Å². The van der Waals surface area contributed by atoms with Crippen LogP contribution < -0.4 is 4.57 Å². The van der Waals surface area contributed by atoms with E-state index in [1.807, 2.05) is 22.9 Å². The fourth-order valence-electron chi connectivity index (χ4n) is 2.06. The monoisotopic (exact) mass is 451 g/mol. The van der Waals surface area contributed by atoms with Crippen LogP contribution in [0.3, 0.4) is 0 Å². The van der Waals surface area contributed by atoms with E-state index in [2.05, 4.69) is 58.8 Å². The number of rotatable bonds is 8. The molecule has 1 aromatic carbocycles. The molecule has 23 heavy (non-hydrogen) atoms. The van der Waals surface area contributed by atoms with Crippen LogP contribution >= 0.6 is 81.4 Å². The van der Waals surface area contributed by atoms with E-state index in [-0.39, 0.29) is 5.37 Å². The highest BCUT2D eigenvalue weighted by atomic mass is 34.0. The van der Waals surface area contributed by atoms with Crippen molar-refractivity contribution < 1.29 is 4.57 Å². The van der Waals surface area contributed by atoms with Crippen LogP contribution in [0.5, 0.6) is 0 Å². The van der Waals surface area contributed by atoms with Crippen LogP contribution in [0.2, 0.25) is 0 Å². The average molecular weight is 452 g/mol.